The van der Waals surface area contributed by atoms with Crippen molar-refractivity contribution in [2.24, 2.45) is 5.92 Å². The maximum atomic E-state index is 13.1. The minimum Gasteiger partial charge on any atom is -0.322 e. The highest BCUT2D eigenvalue weighted by molar-refractivity contribution is 6.05. The van der Waals surface area contributed by atoms with E-state index in [2.05, 4.69) is 44.5 Å². The van der Waals surface area contributed by atoms with Crippen molar-refractivity contribution in [1.29, 1.82) is 0 Å². The highest BCUT2D eigenvalue weighted by Gasteiger charge is 2.14. The van der Waals surface area contributed by atoms with Gasteiger partial charge in [0.05, 0.1) is 11.2 Å². The summed E-state index contributed by atoms with van der Waals surface area (Å²) in [7, 11) is 0. The van der Waals surface area contributed by atoms with Crippen LogP contribution in [0.3, 0.4) is 0 Å². The third-order valence-corrected chi connectivity index (χ3v) is 5.45. The fraction of sp³-hybridized carbons (Fsp3) is 0.154. The molecule has 0 radical (unpaired) electrons. The Morgan fingerprint density at radius 2 is 1.79 bits per heavy atom. The Morgan fingerprint density at radius 3 is 2.59 bits per heavy atom. The van der Waals surface area contributed by atoms with Crippen molar-refractivity contribution in [3.8, 4) is 22.6 Å². The van der Waals surface area contributed by atoms with Gasteiger partial charge in [0.15, 0.2) is 5.82 Å². The molecule has 0 atom stereocenters. The summed E-state index contributed by atoms with van der Waals surface area (Å²) < 4.78 is 13.1. The van der Waals surface area contributed by atoms with Crippen LogP contribution in [-0.2, 0) is 6.42 Å². The van der Waals surface area contributed by atoms with Gasteiger partial charge in [-0.1, -0.05) is 26.0 Å². The molecule has 3 N–H and O–H groups in total. The van der Waals surface area contributed by atoms with E-state index in [1.165, 1.54) is 24.3 Å². The van der Waals surface area contributed by atoms with Crippen molar-refractivity contribution in [1.82, 2.24) is 25.4 Å². The molecule has 8 heteroatoms. The molecule has 0 unspecified atom stereocenters. The minimum atomic E-state index is -0.356. The Labute approximate surface area is 195 Å². The van der Waals surface area contributed by atoms with E-state index >= 15 is 0 Å². The second kappa shape index (κ2) is 8.90. The molecule has 2 heterocycles. The molecule has 0 bridgehead atoms. The van der Waals surface area contributed by atoms with Crippen LogP contribution in [0.5, 0.6) is 0 Å². The first-order valence-electron chi connectivity index (χ1n) is 11.0. The molecule has 0 aliphatic heterocycles. The topological polar surface area (TPSA) is 99.3 Å². The van der Waals surface area contributed by atoms with Crippen molar-refractivity contribution in [2.75, 3.05) is 5.32 Å². The van der Waals surface area contributed by atoms with Gasteiger partial charge in [-0.25, -0.2) is 9.37 Å². The Kier molecular flexibility index (Phi) is 5.63. The number of anilines is 1. The molecule has 0 aliphatic rings. The van der Waals surface area contributed by atoms with E-state index in [1.807, 2.05) is 30.3 Å². The number of rotatable bonds is 6. The minimum absolute atomic E-state index is 0.285. The summed E-state index contributed by atoms with van der Waals surface area (Å²) in [6.07, 6.45) is 0.832. The summed E-state index contributed by atoms with van der Waals surface area (Å²) in [6, 6.07) is 18.8. The highest BCUT2D eigenvalue weighted by Crippen LogP contribution is 2.30. The van der Waals surface area contributed by atoms with Gasteiger partial charge in [-0.15, -0.1) is 0 Å². The number of carbonyl (C=O) groups is 1. The average Bonchev–Trinajstić information content (AvgIpc) is 3.47. The molecule has 1 amide bonds. The maximum absolute atomic E-state index is 13.1. The van der Waals surface area contributed by atoms with Gasteiger partial charge in [0.2, 0.25) is 0 Å². The lowest BCUT2D eigenvalue weighted by Gasteiger charge is -2.07. The summed E-state index contributed by atoms with van der Waals surface area (Å²) in [5.74, 6) is 1.34. The molecule has 7 nitrogen and oxygen atoms in total. The molecular weight excluding hydrogens is 431 g/mol. The number of nitrogens with one attached hydrogen (secondary N) is 3. The number of aromatic nitrogens is 5. The van der Waals surface area contributed by atoms with E-state index in [0.29, 0.717) is 23.0 Å². The van der Waals surface area contributed by atoms with Crippen molar-refractivity contribution in [3.63, 3.8) is 0 Å². The molecular formula is C26H23FN6O. The zero-order chi connectivity index (χ0) is 23.7. The SMILES string of the molecule is CC(C)Cc1nc(-c2ccc3[nH]nc(-c4cccc(C(=O)Nc5ccc(F)cc5)c4)c3c2)n[nH]1. The number of aromatic amines is 2. The molecule has 170 valence electrons. The van der Waals surface area contributed by atoms with Crippen LogP contribution >= 0.6 is 0 Å². The van der Waals surface area contributed by atoms with Crippen LogP contribution in [0, 0.1) is 11.7 Å². The first kappa shape index (κ1) is 21.5. The summed E-state index contributed by atoms with van der Waals surface area (Å²) >= 11 is 0. The molecule has 5 rings (SSSR count). The van der Waals surface area contributed by atoms with Gasteiger partial charge in [0.1, 0.15) is 11.6 Å². The van der Waals surface area contributed by atoms with Crippen molar-refractivity contribution in [2.45, 2.75) is 20.3 Å². The van der Waals surface area contributed by atoms with Crippen LogP contribution in [0.15, 0.2) is 66.7 Å². The van der Waals surface area contributed by atoms with E-state index in [9.17, 15) is 9.18 Å². The number of H-pyrrole nitrogens is 2. The number of hydrogen-bond acceptors (Lipinski definition) is 4. The number of carbonyl (C=O) groups excluding carboxylic acids is 1. The molecule has 2 aromatic heterocycles. The molecule has 0 saturated heterocycles. The highest BCUT2D eigenvalue weighted by atomic mass is 19.1. The number of hydrogen-bond donors (Lipinski definition) is 3. The van der Waals surface area contributed by atoms with Crippen LogP contribution in [0.4, 0.5) is 10.1 Å². The lowest BCUT2D eigenvalue weighted by Crippen LogP contribution is -2.11. The van der Waals surface area contributed by atoms with Crippen LogP contribution in [0.1, 0.15) is 30.0 Å². The molecule has 3 aromatic carbocycles. The Bertz CT molecular complexity index is 1470. The van der Waals surface area contributed by atoms with E-state index in [-0.39, 0.29) is 11.7 Å². The van der Waals surface area contributed by atoms with E-state index < -0.39 is 0 Å². The van der Waals surface area contributed by atoms with Crippen LogP contribution in [0.25, 0.3) is 33.5 Å². The lowest BCUT2D eigenvalue weighted by atomic mass is 10.0. The Balaban J connectivity index is 1.45. The summed E-state index contributed by atoms with van der Waals surface area (Å²) in [6.45, 7) is 4.28. The van der Waals surface area contributed by atoms with Crippen LogP contribution in [-0.4, -0.2) is 31.3 Å². The third-order valence-electron chi connectivity index (χ3n) is 5.45. The second-order valence-corrected chi connectivity index (χ2v) is 8.58. The predicted molar refractivity (Wildman–Crippen MR) is 130 cm³/mol. The molecule has 5 aromatic rings. The third kappa shape index (κ3) is 4.43. The zero-order valence-corrected chi connectivity index (χ0v) is 18.8. The fourth-order valence-corrected chi connectivity index (χ4v) is 3.82. The van der Waals surface area contributed by atoms with Crippen LogP contribution < -0.4 is 5.32 Å². The van der Waals surface area contributed by atoms with E-state index in [4.69, 9.17) is 0 Å². The summed E-state index contributed by atoms with van der Waals surface area (Å²) in [5, 5.41) is 18.6. The number of benzene rings is 3. The Morgan fingerprint density at radius 1 is 0.971 bits per heavy atom. The average molecular weight is 455 g/mol. The first-order valence-corrected chi connectivity index (χ1v) is 11.0. The molecule has 0 spiro atoms. The van der Waals surface area contributed by atoms with Gasteiger partial charge < -0.3 is 5.32 Å². The van der Waals surface area contributed by atoms with Crippen molar-refractivity contribution >= 4 is 22.5 Å². The molecule has 0 saturated carbocycles. The van der Waals surface area contributed by atoms with Gasteiger partial charge in [0, 0.05) is 34.2 Å². The zero-order valence-electron chi connectivity index (χ0n) is 18.8. The van der Waals surface area contributed by atoms with Crippen LogP contribution in [0.2, 0.25) is 0 Å². The quantitative estimate of drug-likeness (QED) is 0.311. The number of amides is 1. The summed E-state index contributed by atoms with van der Waals surface area (Å²) in [5.41, 5.74) is 4.28. The monoisotopic (exact) mass is 454 g/mol. The number of fused-ring (bicyclic) bond motifs is 1. The van der Waals surface area contributed by atoms with Gasteiger partial charge >= 0.3 is 0 Å². The molecule has 0 fully saturated rings. The van der Waals surface area contributed by atoms with E-state index in [1.54, 1.807) is 12.1 Å². The van der Waals surface area contributed by atoms with Crippen molar-refractivity contribution in [3.05, 3.63) is 83.9 Å². The van der Waals surface area contributed by atoms with E-state index in [0.717, 1.165) is 40.0 Å². The standard InChI is InChI=1S/C26H23FN6O/c1-15(2)12-23-29-25(33-31-23)17-6-11-22-21(14-17)24(32-30-22)16-4-3-5-18(13-16)26(34)28-20-9-7-19(27)8-10-20/h3-11,13-15H,12H2,1-2H3,(H,28,34)(H,30,32)(H,29,31,33). The smallest absolute Gasteiger partial charge is 0.255 e. The van der Waals surface area contributed by atoms with Gasteiger partial charge in [-0.05, 0) is 60.5 Å². The number of nitrogens with zero attached hydrogens (tertiary/aromatic N) is 3. The van der Waals surface area contributed by atoms with Gasteiger partial charge in [-0.2, -0.15) is 10.2 Å². The lowest BCUT2D eigenvalue weighted by molar-refractivity contribution is 0.102. The summed E-state index contributed by atoms with van der Waals surface area (Å²) in [4.78, 5) is 17.4. The molecule has 34 heavy (non-hydrogen) atoms. The first-order chi connectivity index (χ1) is 16.5. The van der Waals surface area contributed by atoms with Crippen molar-refractivity contribution < 1.29 is 9.18 Å². The maximum Gasteiger partial charge on any atom is 0.255 e. The second-order valence-electron chi connectivity index (χ2n) is 8.58. The normalized spacial score (nSPS) is 11.3. The predicted octanol–water partition coefficient (Wildman–Crippen LogP) is 5.60. The van der Waals surface area contributed by atoms with Gasteiger partial charge in [-0.3, -0.25) is 15.0 Å². The number of halogens is 1. The largest absolute Gasteiger partial charge is 0.322 e. The molecule has 0 aliphatic carbocycles. The van der Waals surface area contributed by atoms with Gasteiger partial charge in [0.25, 0.3) is 5.91 Å². The fourth-order valence-electron chi connectivity index (χ4n) is 3.82. The Hall–Kier alpha value is -4.33.